The Morgan fingerprint density at radius 1 is 1.18 bits per heavy atom. The number of hydrogen-bond acceptors (Lipinski definition) is 5. The highest BCUT2D eigenvalue weighted by atomic mass is 19.2. The van der Waals surface area contributed by atoms with E-state index in [0.717, 1.165) is 30.0 Å². The fraction of sp³-hybridized carbons (Fsp3) is 0.348. The number of para-hydroxylation sites is 2. The lowest BCUT2D eigenvalue weighted by Crippen LogP contribution is -2.49. The fourth-order valence-electron chi connectivity index (χ4n) is 3.92. The largest absolute Gasteiger partial charge is 0.440 e. The minimum absolute atomic E-state index is 0.0426. The molecule has 1 aromatic heterocycles. The van der Waals surface area contributed by atoms with Gasteiger partial charge in [-0.15, -0.1) is 0 Å². The summed E-state index contributed by atoms with van der Waals surface area (Å²) < 4.78 is 45.9. The summed E-state index contributed by atoms with van der Waals surface area (Å²) in [5.74, 6) is -4.99. The number of piperidine rings is 1. The first-order valence-corrected chi connectivity index (χ1v) is 10.6. The van der Waals surface area contributed by atoms with Crippen molar-refractivity contribution in [1.82, 2.24) is 15.2 Å². The number of nitrogens with zero attached hydrogens (tertiary/aromatic N) is 2. The molecule has 1 saturated heterocycles. The smallest absolute Gasteiger partial charge is 0.243 e. The van der Waals surface area contributed by atoms with Crippen LogP contribution in [0.2, 0.25) is 0 Å². The van der Waals surface area contributed by atoms with Gasteiger partial charge in [0.1, 0.15) is 5.52 Å². The molecule has 3 aromatic rings. The second-order valence-corrected chi connectivity index (χ2v) is 8.02. The van der Waals surface area contributed by atoms with E-state index in [1.807, 2.05) is 29.2 Å². The monoisotopic (exact) mass is 460 g/mol. The van der Waals surface area contributed by atoms with Gasteiger partial charge in [-0.25, -0.2) is 18.2 Å². The first kappa shape index (κ1) is 22.8. The van der Waals surface area contributed by atoms with Crippen LogP contribution in [0.1, 0.15) is 31.6 Å². The van der Waals surface area contributed by atoms with E-state index in [1.54, 1.807) is 6.92 Å². The van der Waals surface area contributed by atoms with Crippen molar-refractivity contribution in [2.45, 2.75) is 31.7 Å². The zero-order valence-corrected chi connectivity index (χ0v) is 17.9. The van der Waals surface area contributed by atoms with Gasteiger partial charge < -0.3 is 15.1 Å². The molecule has 0 spiro atoms. The van der Waals surface area contributed by atoms with E-state index < -0.39 is 41.6 Å². The number of carbonyl (C=O) groups excluding carboxylic acids is 2. The number of aromatic nitrogens is 1. The van der Waals surface area contributed by atoms with Gasteiger partial charge >= 0.3 is 0 Å². The van der Waals surface area contributed by atoms with Crippen molar-refractivity contribution < 1.29 is 27.2 Å². The molecule has 2 N–H and O–H groups in total. The summed E-state index contributed by atoms with van der Waals surface area (Å²) in [5.41, 5.74) is 1.01. The number of oxazole rings is 1. The zero-order chi connectivity index (χ0) is 23.5. The summed E-state index contributed by atoms with van der Waals surface area (Å²) in [6, 6.07) is 8.62. The van der Waals surface area contributed by atoms with E-state index in [9.17, 15) is 22.8 Å². The van der Waals surface area contributed by atoms with Crippen LogP contribution in [0.3, 0.4) is 0 Å². The topological polar surface area (TPSA) is 87.5 Å². The lowest BCUT2D eigenvalue weighted by atomic mass is 9.96. The van der Waals surface area contributed by atoms with Gasteiger partial charge in [0, 0.05) is 12.5 Å². The van der Waals surface area contributed by atoms with Crippen molar-refractivity contribution in [2.24, 2.45) is 0 Å². The first-order valence-electron chi connectivity index (χ1n) is 10.6. The highest BCUT2D eigenvalue weighted by molar-refractivity contribution is 5.95. The summed E-state index contributed by atoms with van der Waals surface area (Å²) in [7, 11) is 0. The molecular weight excluding hydrogens is 437 g/mol. The second-order valence-electron chi connectivity index (χ2n) is 8.02. The Bertz CT molecular complexity index is 1150. The molecule has 0 radical (unpaired) electrons. The van der Waals surface area contributed by atoms with Crippen LogP contribution in [-0.2, 0) is 9.59 Å². The van der Waals surface area contributed by atoms with Crippen LogP contribution in [-0.4, -0.2) is 47.4 Å². The number of nitrogens with one attached hydrogen (secondary N) is 2. The van der Waals surface area contributed by atoms with Crippen LogP contribution in [0, 0.1) is 17.5 Å². The predicted octanol–water partition coefficient (Wildman–Crippen LogP) is 3.57. The molecule has 2 atom stereocenters. The second kappa shape index (κ2) is 9.62. The van der Waals surface area contributed by atoms with Gasteiger partial charge in [-0.1, -0.05) is 12.1 Å². The molecule has 0 bridgehead atoms. The molecule has 1 aliphatic rings. The van der Waals surface area contributed by atoms with Crippen molar-refractivity contribution in [3.63, 3.8) is 0 Å². The third-order valence-electron chi connectivity index (χ3n) is 5.77. The number of amides is 2. The Hall–Kier alpha value is -3.40. The molecule has 10 heteroatoms. The van der Waals surface area contributed by atoms with Crippen molar-refractivity contribution in [3.8, 4) is 0 Å². The fourth-order valence-corrected chi connectivity index (χ4v) is 3.92. The average molecular weight is 460 g/mol. The molecular formula is C23H23F3N4O3. The van der Waals surface area contributed by atoms with Crippen LogP contribution >= 0.6 is 0 Å². The Morgan fingerprint density at radius 2 is 1.97 bits per heavy atom. The molecule has 33 heavy (non-hydrogen) atoms. The molecule has 1 aliphatic heterocycles. The Kier molecular flexibility index (Phi) is 6.64. The maximum Gasteiger partial charge on any atom is 0.243 e. The van der Waals surface area contributed by atoms with E-state index in [1.165, 1.54) is 0 Å². The summed E-state index contributed by atoms with van der Waals surface area (Å²) in [6.45, 7) is 2.58. The molecule has 4 rings (SSSR count). The first-order chi connectivity index (χ1) is 15.8. The van der Waals surface area contributed by atoms with Crippen LogP contribution in [0.25, 0.3) is 11.1 Å². The lowest BCUT2D eigenvalue weighted by Gasteiger charge is -2.34. The third-order valence-corrected chi connectivity index (χ3v) is 5.77. The van der Waals surface area contributed by atoms with Crippen molar-refractivity contribution in [3.05, 3.63) is 59.7 Å². The predicted molar refractivity (Wildman–Crippen MR) is 115 cm³/mol. The van der Waals surface area contributed by atoms with E-state index in [-0.39, 0.29) is 11.8 Å². The Labute approximate surface area is 188 Å². The highest BCUT2D eigenvalue weighted by Gasteiger charge is 2.30. The molecule has 7 nitrogen and oxygen atoms in total. The summed E-state index contributed by atoms with van der Waals surface area (Å²) >= 11 is 0. The zero-order valence-electron chi connectivity index (χ0n) is 17.9. The number of halogens is 3. The van der Waals surface area contributed by atoms with Crippen LogP contribution in [0.15, 0.2) is 40.8 Å². The standard InChI is InChI=1S/C23H23F3N4O3/c1-13(22(32)27-11-19(31)28-17-9-8-15(24)20(25)21(17)26)30-10-4-5-14(12-30)23-29-16-6-2-3-7-18(16)33-23/h2-3,6-9,13-14H,4-5,10-12H2,1H3,(H,27,32)(H,28,31). The van der Waals surface area contributed by atoms with Gasteiger partial charge in [0.05, 0.1) is 18.3 Å². The minimum Gasteiger partial charge on any atom is -0.440 e. The SMILES string of the molecule is CC(C(=O)NCC(=O)Nc1ccc(F)c(F)c1F)N1CCCC(c2nc3ccccc3o2)C1. The van der Waals surface area contributed by atoms with Crippen molar-refractivity contribution in [1.29, 1.82) is 0 Å². The number of rotatable bonds is 6. The number of benzene rings is 2. The normalized spacial score (nSPS) is 17.6. The van der Waals surface area contributed by atoms with Gasteiger partial charge in [0.15, 0.2) is 28.9 Å². The number of anilines is 1. The number of likely N-dealkylation sites (tertiary alicyclic amines) is 1. The van der Waals surface area contributed by atoms with Crippen molar-refractivity contribution in [2.75, 3.05) is 25.0 Å². The van der Waals surface area contributed by atoms with Crippen LogP contribution < -0.4 is 10.6 Å². The molecule has 1 fully saturated rings. The third kappa shape index (κ3) is 5.00. The molecule has 2 unspecified atom stereocenters. The quantitative estimate of drug-likeness (QED) is 0.550. The molecule has 2 aromatic carbocycles. The Balaban J connectivity index is 1.32. The summed E-state index contributed by atoms with van der Waals surface area (Å²) in [4.78, 5) is 31.2. The summed E-state index contributed by atoms with van der Waals surface area (Å²) in [6.07, 6.45) is 1.75. The van der Waals surface area contributed by atoms with Crippen molar-refractivity contribution >= 4 is 28.6 Å². The van der Waals surface area contributed by atoms with Gasteiger partial charge in [-0.2, -0.15) is 0 Å². The van der Waals surface area contributed by atoms with E-state index in [0.29, 0.717) is 25.0 Å². The average Bonchev–Trinajstić information content (AvgIpc) is 3.27. The number of hydrogen-bond donors (Lipinski definition) is 2. The van der Waals surface area contributed by atoms with E-state index in [4.69, 9.17) is 4.42 Å². The Morgan fingerprint density at radius 3 is 2.76 bits per heavy atom. The maximum absolute atomic E-state index is 13.7. The molecule has 2 amide bonds. The van der Waals surface area contributed by atoms with Crippen LogP contribution in [0.4, 0.5) is 18.9 Å². The van der Waals surface area contributed by atoms with Gasteiger partial charge in [-0.3, -0.25) is 14.5 Å². The van der Waals surface area contributed by atoms with Crippen LogP contribution in [0.5, 0.6) is 0 Å². The molecule has 174 valence electrons. The number of carbonyl (C=O) groups is 2. The van der Waals surface area contributed by atoms with Gasteiger partial charge in [0.25, 0.3) is 0 Å². The van der Waals surface area contributed by atoms with Gasteiger partial charge in [-0.05, 0) is 50.6 Å². The molecule has 0 saturated carbocycles. The minimum atomic E-state index is -1.68. The van der Waals surface area contributed by atoms with E-state index in [2.05, 4.69) is 15.6 Å². The van der Waals surface area contributed by atoms with Gasteiger partial charge in [0.2, 0.25) is 11.8 Å². The summed E-state index contributed by atoms with van der Waals surface area (Å²) in [5, 5.41) is 4.62. The number of fused-ring (bicyclic) bond motifs is 1. The molecule has 2 heterocycles. The maximum atomic E-state index is 13.7. The lowest BCUT2D eigenvalue weighted by molar-refractivity contribution is -0.128. The molecule has 0 aliphatic carbocycles. The highest BCUT2D eigenvalue weighted by Crippen LogP contribution is 2.29. The van der Waals surface area contributed by atoms with E-state index >= 15 is 0 Å².